The van der Waals surface area contributed by atoms with Crippen molar-refractivity contribution in [1.29, 1.82) is 0 Å². The van der Waals surface area contributed by atoms with E-state index in [2.05, 4.69) is 11.8 Å². The van der Waals surface area contributed by atoms with Gasteiger partial charge in [0.2, 0.25) is 0 Å². The maximum absolute atomic E-state index is 13.7. The van der Waals surface area contributed by atoms with Crippen LogP contribution in [-0.2, 0) is 25.7 Å². The molecule has 3 aromatic rings. The number of carbonyl (C=O) groups is 2. The summed E-state index contributed by atoms with van der Waals surface area (Å²) in [6.07, 6.45) is 0. The molecule has 0 saturated heterocycles. The van der Waals surface area contributed by atoms with E-state index in [1.807, 2.05) is 91.9 Å². The Bertz CT molecular complexity index is 1380. The topological polar surface area (TPSA) is 65.0 Å². The highest BCUT2D eigenvalue weighted by molar-refractivity contribution is 6.11. The first-order valence-electron chi connectivity index (χ1n) is 12.3. The monoisotopic (exact) mass is 491 g/mol. The van der Waals surface area contributed by atoms with Crippen LogP contribution in [0.3, 0.4) is 0 Å². The summed E-state index contributed by atoms with van der Waals surface area (Å²) < 4.78 is 11.2. The summed E-state index contributed by atoms with van der Waals surface area (Å²) in [5.74, 6) is 3.70. The Morgan fingerprint density at radius 3 is 2.16 bits per heavy atom. The number of nitrogens with zero attached hydrogens (tertiary/aromatic N) is 1. The minimum Gasteiger partial charge on any atom is -0.465 e. The lowest BCUT2D eigenvalue weighted by Gasteiger charge is -2.29. The van der Waals surface area contributed by atoms with Crippen LogP contribution in [0.2, 0.25) is 0 Å². The molecule has 0 N–H and O–H groups in total. The van der Waals surface area contributed by atoms with Gasteiger partial charge < -0.3 is 9.47 Å². The molecule has 0 saturated carbocycles. The van der Waals surface area contributed by atoms with E-state index in [1.165, 1.54) is 0 Å². The Morgan fingerprint density at radius 2 is 1.51 bits per heavy atom. The van der Waals surface area contributed by atoms with Crippen molar-refractivity contribution in [3.05, 3.63) is 113 Å². The van der Waals surface area contributed by atoms with Gasteiger partial charge in [0.05, 0.1) is 23.8 Å². The van der Waals surface area contributed by atoms with Crippen molar-refractivity contribution < 1.29 is 19.1 Å². The van der Waals surface area contributed by atoms with Crippen LogP contribution in [0.4, 0.5) is 0 Å². The van der Waals surface area contributed by atoms with E-state index >= 15 is 0 Å². The molecular formula is C32H29NO4. The summed E-state index contributed by atoms with van der Waals surface area (Å²) in [5, 5.41) is 0. The largest absolute Gasteiger partial charge is 0.465 e. The molecule has 2 unspecified atom stereocenters. The summed E-state index contributed by atoms with van der Waals surface area (Å²) in [7, 11) is 0. The zero-order valence-corrected chi connectivity index (χ0v) is 21.2. The second kappa shape index (κ2) is 12.0. The molecule has 0 radical (unpaired) electrons. The van der Waals surface area contributed by atoms with E-state index in [0.29, 0.717) is 11.4 Å². The van der Waals surface area contributed by atoms with Crippen LogP contribution >= 0.6 is 0 Å². The molecule has 4 rings (SSSR count). The Hall–Kier alpha value is -4.43. The maximum Gasteiger partial charge on any atom is 0.337 e. The van der Waals surface area contributed by atoms with Crippen LogP contribution in [0.1, 0.15) is 36.1 Å². The van der Waals surface area contributed by atoms with Crippen LogP contribution in [0, 0.1) is 30.6 Å². The summed E-state index contributed by atoms with van der Waals surface area (Å²) in [5.41, 5.74) is 4.77. The molecule has 1 heterocycles. The predicted octanol–water partition coefficient (Wildman–Crippen LogP) is 5.77. The zero-order valence-electron chi connectivity index (χ0n) is 21.2. The number of aliphatic imine (C=N–C) groups is 1. The van der Waals surface area contributed by atoms with Crippen LogP contribution in [0.15, 0.2) is 95.5 Å². The molecule has 0 aromatic heterocycles. The number of ether oxygens (including phenoxy) is 2. The van der Waals surface area contributed by atoms with Gasteiger partial charge in [-0.25, -0.2) is 4.79 Å². The second-order valence-corrected chi connectivity index (χ2v) is 8.79. The SMILES string of the molecule is CCOC(=O)C1C(C)=NC(c2ccccc2)=C(C(=O)OCc2ccc(C)cc2)C1C#Cc1ccccc1. The predicted molar refractivity (Wildman–Crippen MR) is 144 cm³/mol. The Kier molecular flexibility index (Phi) is 8.33. The van der Waals surface area contributed by atoms with Gasteiger partial charge in [-0.1, -0.05) is 90.2 Å². The molecule has 1 aliphatic rings. The molecule has 0 amide bonds. The molecule has 0 aliphatic carbocycles. The van der Waals surface area contributed by atoms with Crippen molar-refractivity contribution in [1.82, 2.24) is 0 Å². The lowest BCUT2D eigenvalue weighted by atomic mass is 9.79. The Balaban J connectivity index is 1.82. The van der Waals surface area contributed by atoms with Crippen molar-refractivity contribution in [2.45, 2.75) is 27.4 Å². The van der Waals surface area contributed by atoms with Gasteiger partial charge in [-0.2, -0.15) is 0 Å². The van der Waals surface area contributed by atoms with Gasteiger partial charge >= 0.3 is 11.9 Å². The molecule has 5 heteroatoms. The van der Waals surface area contributed by atoms with Crippen molar-refractivity contribution in [3.8, 4) is 11.8 Å². The molecule has 0 fully saturated rings. The third kappa shape index (κ3) is 6.23. The fraction of sp³-hybridized carbons (Fsp3) is 0.219. The first-order chi connectivity index (χ1) is 18.0. The Labute approximate surface area is 217 Å². The second-order valence-electron chi connectivity index (χ2n) is 8.79. The maximum atomic E-state index is 13.7. The number of hydrogen-bond acceptors (Lipinski definition) is 5. The van der Waals surface area contributed by atoms with E-state index in [4.69, 9.17) is 14.5 Å². The third-order valence-electron chi connectivity index (χ3n) is 6.08. The van der Waals surface area contributed by atoms with Crippen LogP contribution in [0.5, 0.6) is 0 Å². The van der Waals surface area contributed by atoms with E-state index in [-0.39, 0.29) is 18.8 Å². The quantitative estimate of drug-likeness (QED) is 0.324. The third-order valence-corrected chi connectivity index (χ3v) is 6.08. The molecule has 3 aromatic carbocycles. The van der Waals surface area contributed by atoms with Crippen molar-refractivity contribution >= 4 is 23.3 Å². The van der Waals surface area contributed by atoms with E-state index in [9.17, 15) is 9.59 Å². The lowest BCUT2D eigenvalue weighted by molar-refractivity contribution is -0.146. The van der Waals surface area contributed by atoms with Crippen molar-refractivity contribution in [2.24, 2.45) is 16.8 Å². The summed E-state index contributed by atoms with van der Waals surface area (Å²) in [6, 6.07) is 26.7. The fourth-order valence-electron chi connectivity index (χ4n) is 4.19. The molecule has 5 nitrogen and oxygen atoms in total. The molecule has 1 aliphatic heterocycles. The van der Waals surface area contributed by atoms with Crippen LogP contribution in [-0.4, -0.2) is 24.3 Å². The minimum atomic E-state index is -0.828. The van der Waals surface area contributed by atoms with Gasteiger partial charge in [-0.05, 0) is 38.5 Å². The standard InChI is InChI=1S/C32H29NO4/c1-4-36-31(34)28-23(3)33-30(26-13-9-6-10-14-26)29(27(28)20-19-24-11-7-5-8-12-24)32(35)37-21-25-17-15-22(2)16-18-25/h5-18,27-28H,4,21H2,1-3H3. The Morgan fingerprint density at radius 1 is 0.865 bits per heavy atom. The van der Waals surface area contributed by atoms with Gasteiger partial charge in [0.25, 0.3) is 0 Å². The van der Waals surface area contributed by atoms with E-state index < -0.39 is 23.8 Å². The number of benzene rings is 3. The average molecular weight is 492 g/mol. The minimum absolute atomic E-state index is 0.0935. The first-order valence-corrected chi connectivity index (χ1v) is 12.3. The van der Waals surface area contributed by atoms with Gasteiger partial charge in [-0.3, -0.25) is 9.79 Å². The first kappa shape index (κ1) is 25.7. The summed E-state index contributed by atoms with van der Waals surface area (Å²) in [4.78, 5) is 31.6. The highest BCUT2D eigenvalue weighted by Gasteiger charge is 2.42. The molecule has 2 atom stereocenters. The molecule has 0 spiro atoms. The van der Waals surface area contributed by atoms with Gasteiger partial charge in [0, 0.05) is 16.8 Å². The molecule has 0 bridgehead atoms. The number of esters is 2. The number of hydrogen-bond donors (Lipinski definition) is 0. The highest BCUT2D eigenvalue weighted by Crippen LogP contribution is 2.37. The van der Waals surface area contributed by atoms with E-state index in [0.717, 1.165) is 22.3 Å². The van der Waals surface area contributed by atoms with Crippen molar-refractivity contribution in [2.75, 3.05) is 6.61 Å². The molecule has 37 heavy (non-hydrogen) atoms. The normalized spacial score (nSPS) is 16.8. The van der Waals surface area contributed by atoms with Gasteiger partial charge in [0.15, 0.2) is 0 Å². The van der Waals surface area contributed by atoms with Crippen LogP contribution in [0.25, 0.3) is 5.70 Å². The van der Waals surface area contributed by atoms with Crippen LogP contribution < -0.4 is 0 Å². The summed E-state index contributed by atoms with van der Waals surface area (Å²) in [6.45, 7) is 5.83. The van der Waals surface area contributed by atoms with E-state index in [1.54, 1.807) is 13.8 Å². The number of carbonyl (C=O) groups excluding carboxylic acids is 2. The zero-order chi connectivity index (χ0) is 26.2. The fourth-order valence-corrected chi connectivity index (χ4v) is 4.19. The smallest absolute Gasteiger partial charge is 0.337 e. The lowest BCUT2D eigenvalue weighted by Crippen LogP contribution is -2.37. The highest BCUT2D eigenvalue weighted by atomic mass is 16.5. The van der Waals surface area contributed by atoms with Gasteiger partial charge in [0.1, 0.15) is 12.5 Å². The molecule has 186 valence electrons. The number of aryl methyl sites for hydroxylation is 1. The molecular weight excluding hydrogens is 462 g/mol. The number of rotatable bonds is 6. The van der Waals surface area contributed by atoms with Crippen molar-refractivity contribution in [3.63, 3.8) is 0 Å². The average Bonchev–Trinajstić information content (AvgIpc) is 2.92. The van der Waals surface area contributed by atoms with Gasteiger partial charge in [-0.15, -0.1) is 0 Å². The summed E-state index contributed by atoms with van der Waals surface area (Å²) >= 11 is 0.